The molecule has 3 rings (SSSR count). The Morgan fingerprint density at radius 2 is 1.52 bits per heavy atom. The lowest BCUT2D eigenvalue weighted by atomic mass is 9.98. The Balaban J connectivity index is 1.61. The summed E-state index contributed by atoms with van der Waals surface area (Å²) in [6.45, 7) is 5.96. The normalized spacial score (nSPS) is 10.4. The molecule has 3 aromatic rings. The van der Waals surface area contributed by atoms with E-state index in [1.807, 2.05) is 63.2 Å². The van der Waals surface area contributed by atoms with Crippen LogP contribution in [0.25, 0.3) is 0 Å². The van der Waals surface area contributed by atoms with Crippen LogP contribution in [0.1, 0.15) is 43.0 Å². The Bertz CT molecular complexity index is 1020. The van der Waals surface area contributed by atoms with Crippen LogP contribution in [0.3, 0.4) is 0 Å². The van der Waals surface area contributed by atoms with E-state index in [1.165, 1.54) is 0 Å². The number of ether oxygens (including phenoxy) is 2. The number of hydrogen-bond acceptors (Lipinski definition) is 4. The fraction of sp³-hybridized carbons (Fsp3) is 0.200. The molecule has 0 N–H and O–H groups in total. The maximum atomic E-state index is 12.5. The predicted octanol–water partition coefficient (Wildman–Crippen LogP) is 5.23. The van der Waals surface area contributed by atoms with Crippen molar-refractivity contribution in [1.82, 2.24) is 0 Å². The van der Waals surface area contributed by atoms with Gasteiger partial charge in [-0.1, -0.05) is 42.5 Å². The number of benzene rings is 3. The lowest BCUT2D eigenvalue weighted by molar-refractivity contribution is 0.0474. The van der Waals surface area contributed by atoms with Crippen molar-refractivity contribution in [3.63, 3.8) is 0 Å². The second kappa shape index (κ2) is 9.20. The molecule has 0 unspecified atom stereocenters. The van der Waals surface area contributed by atoms with E-state index in [0.29, 0.717) is 23.5 Å². The molecule has 0 aliphatic carbocycles. The van der Waals surface area contributed by atoms with Crippen molar-refractivity contribution < 1.29 is 19.1 Å². The number of carbonyl (C=O) groups excluding carboxylic acids is 2. The summed E-state index contributed by atoms with van der Waals surface area (Å²) in [6, 6.07) is 20.4. The monoisotopic (exact) mass is 388 g/mol. The Kier molecular flexibility index (Phi) is 6.45. The van der Waals surface area contributed by atoms with Gasteiger partial charge in [-0.2, -0.15) is 0 Å². The summed E-state index contributed by atoms with van der Waals surface area (Å²) in [5, 5.41) is 0. The van der Waals surface area contributed by atoms with Gasteiger partial charge in [0.15, 0.2) is 6.61 Å². The molecule has 0 fully saturated rings. The first-order valence-electron chi connectivity index (χ1n) is 9.49. The fourth-order valence-corrected chi connectivity index (χ4v) is 3.01. The van der Waals surface area contributed by atoms with E-state index in [1.54, 1.807) is 24.3 Å². The molecular formula is C25H24O4. The summed E-state index contributed by atoms with van der Waals surface area (Å²) in [5.74, 6) is -0.194. The average Bonchev–Trinajstić information content (AvgIpc) is 2.74. The maximum Gasteiger partial charge on any atom is 0.338 e. The highest BCUT2D eigenvalue weighted by Crippen LogP contribution is 2.18. The molecule has 0 atom stereocenters. The first-order valence-corrected chi connectivity index (χ1v) is 9.49. The van der Waals surface area contributed by atoms with E-state index in [2.05, 4.69) is 0 Å². The standard InChI is InChI=1S/C25H24O4/c1-17-12-19(3)23(13-18(17)2)24(26)16-29-25(27)21-10-7-11-22(14-21)28-15-20-8-5-4-6-9-20/h4-14H,15-16H2,1-3H3. The van der Waals surface area contributed by atoms with Gasteiger partial charge in [0.2, 0.25) is 5.78 Å². The zero-order valence-electron chi connectivity index (χ0n) is 16.9. The lowest BCUT2D eigenvalue weighted by Crippen LogP contribution is -2.15. The molecule has 0 saturated heterocycles. The molecule has 0 amide bonds. The smallest absolute Gasteiger partial charge is 0.338 e. The third kappa shape index (κ3) is 5.32. The third-order valence-electron chi connectivity index (χ3n) is 4.79. The molecule has 29 heavy (non-hydrogen) atoms. The summed E-state index contributed by atoms with van der Waals surface area (Å²) in [4.78, 5) is 24.9. The average molecular weight is 388 g/mol. The van der Waals surface area contributed by atoms with Crippen LogP contribution >= 0.6 is 0 Å². The zero-order valence-corrected chi connectivity index (χ0v) is 16.9. The third-order valence-corrected chi connectivity index (χ3v) is 4.79. The van der Waals surface area contributed by atoms with Gasteiger partial charge in [-0.05, 0) is 67.3 Å². The second-order valence-corrected chi connectivity index (χ2v) is 7.05. The molecule has 0 aliphatic heterocycles. The molecule has 0 aromatic heterocycles. The number of hydrogen-bond donors (Lipinski definition) is 0. The Morgan fingerprint density at radius 3 is 2.28 bits per heavy atom. The Morgan fingerprint density at radius 1 is 0.793 bits per heavy atom. The molecule has 0 aliphatic rings. The van der Waals surface area contributed by atoms with Crippen molar-refractivity contribution in [2.75, 3.05) is 6.61 Å². The molecule has 0 radical (unpaired) electrons. The first-order chi connectivity index (χ1) is 13.9. The maximum absolute atomic E-state index is 12.5. The lowest BCUT2D eigenvalue weighted by Gasteiger charge is -2.10. The number of ketones is 1. The Labute approximate surface area is 171 Å². The van der Waals surface area contributed by atoms with Crippen LogP contribution in [-0.2, 0) is 11.3 Å². The molecule has 0 bridgehead atoms. The van der Waals surface area contributed by atoms with Crippen LogP contribution in [0, 0.1) is 20.8 Å². The minimum atomic E-state index is -0.551. The highest BCUT2D eigenvalue weighted by molar-refractivity contribution is 6.00. The highest BCUT2D eigenvalue weighted by Gasteiger charge is 2.15. The molecule has 0 heterocycles. The van der Waals surface area contributed by atoms with Gasteiger partial charge < -0.3 is 9.47 Å². The first kappa shape index (κ1) is 20.3. The molecule has 148 valence electrons. The second-order valence-electron chi connectivity index (χ2n) is 7.05. The highest BCUT2D eigenvalue weighted by atomic mass is 16.5. The quantitative estimate of drug-likeness (QED) is 0.411. The van der Waals surface area contributed by atoms with Gasteiger partial charge in [-0.25, -0.2) is 4.79 Å². The van der Waals surface area contributed by atoms with Crippen LogP contribution in [-0.4, -0.2) is 18.4 Å². The topological polar surface area (TPSA) is 52.6 Å². The summed E-state index contributed by atoms with van der Waals surface area (Å²) in [5.41, 5.74) is 5.01. The van der Waals surface area contributed by atoms with Gasteiger partial charge in [0.05, 0.1) is 5.56 Å². The van der Waals surface area contributed by atoms with Gasteiger partial charge in [0.25, 0.3) is 0 Å². The molecule has 0 saturated carbocycles. The molecule has 3 aromatic carbocycles. The van der Waals surface area contributed by atoms with Crippen molar-refractivity contribution in [2.45, 2.75) is 27.4 Å². The summed E-state index contributed by atoms with van der Waals surface area (Å²) >= 11 is 0. The molecule has 4 heteroatoms. The molecular weight excluding hydrogens is 364 g/mol. The van der Waals surface area contributed by atoms with Crippen LogP contribution in [0.4, 0.5) is 0 Å². The van der Waals surface area contributed by atoms with Crippen molar-refractivity contribution in [3.8, 4) is 5.75 Å². The van der Waals surface area contributed by atoms with Crippen LogP contribution in [0.15, 0.2) is 66.7 Å². The number of esters is 1. The van der Waals surface area contributed by atoms with Gasteiger partial charge >= 0.3 is 5.97 Å². The van der Waals surface area contributed by atoms with Gasteiger partial charge in [-0.15, -0.1) is 0 Å². The predicted molar refractivity (Wildman–Crippen MR) is 112 cm³/mol. The summed E-state index contributed by atoms with van der Waals surface area (Å²) in [7, 11) is 0. The Hall–Kier alpha value is -3.40. The minimum Gasteiger partial charge on any atom is -0.489 e. The fourth-order valence-electron chi connectivity index (χ4n) is 3.01. The number of Topliss-reactive ketones (excluding diaryl/α,β-unsaturated/α-hetero) is 1. The van der Waals surface area contributed by atoms with Crippen LogP contribution in [0.5, 0.6) is 5.75 Å². The van der Waals surface area contributed by atoms with Crippen molar-refractivity contribution >= 4 is 11.8 Å². The SMILES string of the molecule is Cc1cc(C)c(C(=O)COC(=O)c2cccc(OCc3ccccc3)c2)cc1C. The van der Waals surface area contributed by atoms with Crippen LogP contribution < -0.4 is 4.74 Å². The number of aryl methyl sites for hydroxylation is 3. The van der Waals surface area contributed by atoms with Crippen molar-refractivity contribution in [3.05, 3.63) is 100 Å². The number of carbonyl (C=O) groups is 2. The van der Waals surface area contributed by atoms with Crippen molar-refractivity contribution in [2.24, 2.45) is 0 Å². The minimum absolute atomic E-state index is 0.213. The zero-order chi connectivity index (χ0) is 20.8. The molecule has 0 spiro atoms. The van der Waals surface area contributed by atoms with Gasteiger partial charge in [-0.3, -0.25) is 4.79 Å². The molecule has 4 nitrogen and oxygen atoms in total. The summed E-state index contributed by atoms with van der Waals surface area (Å²) in [6.07, 6.45) is 0. The van der Waals surface area contributed by atoms with Crippen molar-refractivity contribution in [1.29, 1.82) is 0 Å². The van der Waals surface area contributed by atoms with Crippen LogP contribution in [0.2, 0.25) is 0 Å². The number of rotatable bonds is 7. The van der Waals surface area contributed by atoms with E-state index in [4.69, 9.17) is 9.47 Å². The van der Waals surface area contributed by atoms with E-state index < -0.39 is 5.97 Å². The van der Waals surface area contributed by atoms with E-state index in [-0.39, 0.29) is 12.4 Å². The van der Waals surface area contributed by atoms with E-state index >= 15 is 0 Å². The summed E-state index contributed by atoms with van der Waals surface area (Å²) < 4.78 is 11.0. The van der Waals surface area contributed by atoms with E-state index in [9.17, 15) is 9.59 Å². The van der Waals surface area contributed by atoms with Gasteiger partial charge in [0, 0.05) is 5.56 Å². The van der Waals surface area contributed by atoms with E-state index in [0.717, 1.165) is 22.3 Å². The van der Waals surface area contributed by atoms with Gasteiger partial charge in [0.1, 0.15) is 12.4 Å². The largest absolute Gasteiger partial charge is 0.489 e.